The van der Waals surface area contributed by atoms with E-state index in [-0.39, 0.29) is 5.69 Å². The van der Waals surface area contributed by atoms with Crippen LogP contribution in [0, 0.1) is 6.92 Å². The van der Waals surface area contributed by atoms with E-state index >= 15 is 0 Å². The number of rotatable bonds is 3. The Labute approximate surface area is 170 Å². The first-order valence-corrected chi connectivity index (χ1v) is 10.5. The van der Waals surface area contributed by atoms with Crippen LogP contribution in [0.25, 0.3) is 33.5 Å². The molecule has 0 atom stereocenters. The Morgan fingerprint density at radius 3 is 2.62 bits per heavy atom. The molecule has 5 nitrogen and oxygen atoms in total. The predicted octanol–water partition coefficient (Wildman–Crippen LogP) is 5.21. The lowest BCUT2D eigenvalue weighted by molar-refractivity contribution is 0.351. The fourth-order valence-corrected chi connectivity index (χ4v) is 4.74. The number of hydrogen-bond donors (Lipinski definition) is 1. The standard InChI is InChI=1S/C24H26N4O/c1-16-7-6-8-17(13-16)22-23(26-15-25-22)18-11-12-20-21(14-18)27(2)24(29)28(20)19-9-4-3-5-10-19/h6-8,11-15,19H,3-5,9-10H2,1-2H3,(H,25,26). The van der Waals surface area contributed by atoms with Crippen LogP contribution in [0.3, 0.4) is 0 Å². The Balaban J connectivity index is 1.63. The molecule has 1 aliphatic rings. The summed E-state index contributed by atoms with van der Waals surface area (Å²) >= 11 is 0. The van der Waals surface area contributed by atoms with Crippen LogP contribution in [0.5, 0.6) is 0 Å². The molecule has 0 bridgehead atoms. The molecule has 5 heteroatoms. The molecular weight excluding hydrogens is 360 g/mol. The molecule has 1 N–H and O–H groups in total. The summed E-state index contributed by atoms with van der Waals surface area (Å²) in [4.78, 5) is 20.9. The average molecular weight is 386 g/mol. The highest BCUT2D eigenvalue weighted by Crippen LogP contribution is 2.33. The summed E-state index contributed by atoms with van der Waals surface area (Å²) in [5, 5.41) is 0. The van der Waals surface area contributed by atoms with Gasteiger partial charge in [-0.2, -0.15) is 0 Å². The van der Waals surface area contributed by atoms with E-state index in [0.29, 0.717) is 6.04 Å². The van der Waals surface area contributed by atoms with Gasteiger partial charge in [-0.05, 0) is 38.0 Å². The average Bonchev–Trinajstić information content (AvgIpc) is 3.32. The van der Waals surface area contributed by atoms with Crippen LogP contribution in [-0.2, 0) is 7.05 Å². The van der Waals surface area contributed by atoms with Gasteiger partial charge in [0.2, 0.25) is 0 Å². The first-order valence-electron chi connectivity index (χ1n) is 10.5. The van der Waals surface area contributed by atoms with Crippen LogP contribution >= 0.6 is 0 Å². The highest BCUT2D eigenvalue weighted by atomic mass is 16.1. The Morgan fingerprint density at radius 2 is 1.83 bits per heavy atom. The maximum Gasteiger partial charge on any atom is 0.329 e. The number of aromatic amines is 1. The van der Waals surface area contributed by atoms with E-state index in [4.69, 9.17) is 0 Å². The third kappa shape index (κ3) is 3.01. The van der Waals surface area contributed by atoms with Crippen molar-refractivity contribution in [1.82, 2.24) is 19.1 Å². The Bertz CT molecular complexity index is 1240. The molecular formula is C24H26N4O. The number of hydrogen-bond acceptors (Lipinski definition) is 2. The summed E-state index contributed by atoms with van der Waals surface area (Å²) in [5.41, 5.74) is 7.36. The maximum atomic E-state index is 13.0. The molecule has 148 valence electrons. The van der Waals surface area contributed by atoms with Crippen molar-refractivity contribution in [2.24, 2.45) is 7.05 Å². The van der Waals surface area contributed by atoms with Crippen molar-refractivity contribution in [3.8, 4) is 22.5 Å². The number of fused-ring (bicyclic) bond motifs is 1. The van der Waals surface area contributed by atoms with Gasteiger partial charge in [0.15, 0.2) is 0 Å². The van der Waals surface area contributed by atoms with Gasteiger partial charge in [0.25, 0.3) is 0 Å². The summed E-state index contributed by atoms with van der Waals surface area (Å²) in [6.45, 7) is 2.09. The molecule has 1 aliphatic carbocycles. The quantitative estimate of drug-likeness (QED) is 0.525. The molecule has 5 rings (SSSR count). The van der Waals surface area contributed by atoms with Crippen molar-refractivity contribution in [3.63, 3.8) is 0 Å². The van der Waals surface area contributed by atoms with Gasteiger partial charge in [-0.15, -0.1) is 0 Å². The van der Waals surface area contributed by atoms with Gasteiger partial charge in [0.1, 0.15) is 0 Å². The Kier molecular flexibility index (Phi) is 4.38. The molecule has 1 fully saturated rings. The summed E-state index contributed by atoms with van der Waals surface area (Å²) in [7, 11) is 1.88. The lowest BCUT2D eigenvalue weighted by atomic mass is 9.95. The monoisotopic (exact) mass is 386 g/mol. The Hall–Kier alpha value is -3.08. The van der Waals surface area contributed by atoms with Crippen molar-refractivity contribution < 1.29 is 0 Å². The number of aromatic nitrogens is 4. The SMILES string of the molecule is Cc1cccc(-c2nc[nH]c2-c2ccc3c(c2)n(C)c(=O)n3C2CCCCC2)c1. The molecule has 29 heavy (non-hydrogen) atoms. The molecule has 2 aromatic heterocycles. The zero-order valence-electron chi connectivity index (χ0n) is 17.0. The van der Waals surface area contributed by atoms with E-state index < -0.39 is 0 Å². The van der Waals surface area contributed by atoms with Crippen molar-refractivity contribution in [1.29, 1.82) is 0 Å². The number of nitrogens with zero attached hydrogens (tertiary/aromatic N) is 3. The minimum Gasteiger partial charge on any atom is -0.344 e. The summed E-state index contributed by atoms with van der Waals surface area (Å²) < 4.78 is 3.81. The molecule has 1 saturated carbocycles. The molecule has 0 saturated heterocycles. The summed E-state index contributed by atoms with van der Waals surface area (Å²) in [5.74, 6) is 0. The number of benzene rings is 2. The normalized spacial score (nSPS) is 15.2. The fraction of sp³-hybridized carbons (Fsp3) is 0.333. The van der Waals surface area contributed by atoms with E-state index in [2.05, 4.69) is 59.4 Å². The topological polar surface area (TPSA) is 55.6 Å². The van der Waals surface area contributed by atoms with Crippen molar-refractivity contribution in [2.75, 3.05) is 0 Å². The third-order valence-corrected chi connectivity index (χ3v) is 6.25. The minimum absolute atomic E-state index is 0.0903. The van der Waals surface area contributed by atoms with Gasteiger partial charge in [-0.1, -0.05) is 49.1 Å². The molecule has 2 heterocycles. The van der Waals surface area contributed by atoms with Gasteiger partial charge in [-0.25, -0.2) is 9.78 Å². The van der Waals surface area contributed by atoms with Crippen LogP contribution in [0.2, 0.25) is 0 Å². The largest absolute Gasteiger partial charge is 0.344 e. The van der Waals surface area contributed by atoms with Gasteiger partial charge < -0.3 is 4.98 Å². The molecule has 0 spiro atoms. The lowest BCUT2D eigenvalue weighted by Crippen LogP contribution is -2.27. The highest BCUT2D eigenvalue weighted by Gasteiger charge is 2.22. The van der Waals surface area contributed by atoms with Gasteiger partial charge in [0.05, 0.1) is 28.7 Å². The van der Waals surface area contributed by atoms with Crippen LogP contribution in [0.1, 0.15) is 43.7 Å². The van der Waals surface area contributed by atoms with Crippen LogP contribution in [0.15, 0.2) is 53.6 Å². The smallest absolute Gasteiger partial charge is 0.329 e. The molecule has 0 unspecified atom stereocenters. The second kappa shape index (κ2) is 7.07. The van der Waals surface area contributed by atoms with E-state index in [9.17, 15) is 4.79 Å². The van der Waals surface area contributed by atoms with Crippen LogP contribution in [0.4, 0.5) is 0 Å². The summed E-state index contributed by atoms with van der Waals surface area (Å²) in [6.07, 6.45) is 7.63. The van der Waals surface area contributed by atoms with E-state index in [0.717, 1.165) is 46.4 Å². The number of aryl methyl sites for hydroxylation is 2. The molecule has 0 radical (unpaired) electrons. The third-order valence-electron chi connectivity index (χ3n) is 6.25. The number of imidazole rings is 2. The van der Waals surface area contributed by atoms with Gasteiger partial charge >= 0.3 is 5.69 Å². The van der Waals surface area contributed by atoms with Crippen molar-refractivity contribution >= 4 is 11.0 Å². The van der Waals surface area contributed by atoms with E-state index in [1.54, 1.807) is 10.9 Å². The molecule has 0 amide bonds. The van der Waals surface area contributed by atoms with Crippen molar-refractivity contribution in [3.05, 3.63) is 64.8 Å². The number of nitrogens with one attached hydrogen (secondary N) is 1. The zero-order chi connectivity index (χ0) is 20.0. The first-order chi connectivity index (χ1) is 14.1. The summed E-state index contributed by atoms with van der Waals surface area (Å²) in [6, 6.07) is 15.0. The fourth-order valence-electron chi connectivity index (χ4n) is 4.74. The van der Waals surface area contributed by atoms with Gasteiger partial charge in [-0.3, -0.25) is 9.13 Å². The molecule has 2 aromatic carbocycles. The van der Waals surface area contributed by atoms with E-state index in [1.165, 1.54) is 24.8 Å². The maximum absolute atomic E-state index is 13.0. The van der Waals surface area contributed by atoms with E-state index in [1.807, 2.05) is 11.6 Å². The van der Waals surface area contributed by atoms with Crippen LogP contribution < -0.4 is 5.69 Å². The Morgan fingerprint density at radius 1 is 1.00 bits per heavy atom. The highest BCUT2D eigenvalue weighted by molar-refractivity contribution is 5.86. The predicted molar refractivity (Wildman–Crippen MR) is 117 cm³/mol. The number of H-pyrrole nitrogens is 1. The molecule has 4 aromatic rings. The second-order valence-corrected chi connectivity index (χ2v) is 8.20. The lowest BCUT2D eigenvalue weighted by Gasteiger charge is -2.22. The van der Waals surface area contributed by atoms with Crippen molar-refractivity contribution in [2.45, 2.75) is 45.1 Å². The minimum atomic E-state index is 0.0903. The second-order valence-electron chi connectivity index (χ2n) is 8.20. The zero-order valence-corrected chi connectivity index (χ0v) is 17.0. The van der Waals surface area contributed by atoms with Crippen LogP contribution in [-0.4, -0.2) is 19.1 Å². The molecule has 0 aliphatic heterocycles. The van der Waals surface area contributed by atoms with Gasteiger partial charge in [0, 0.05) is 24.2 Å². The first kappa shape index (κ1) is 18.0.